The fourth-order valence-electron chi connectivity index (χ4n) is 3.98. The largest absolute Gasteiger partial charge is 0.389 e. The fraction of sp³-hybridized carbons (Fsp3) is 1.00. The van der Waals surface area contributed by atoms with Crippen molar-refractivity contribution >= 4 is 0 Å². The average Bonchev–Trinajstić information content (AvgIpc) is 2.58. The molecule has 0 amide bonds. The second-order valence-electron chi connectivity index (χ2n) is 7.39. The van der Waals surface area contributed by atoms with Crippen molar-refractivity contribution in [1.82, 2.24) is 5.32 Å². The molecule has 2 rings (SSSR count). The molecule has 0 heterocycles. The van der Waals surface area contributed by atoms with Crippen molar-refractivity contribution in [2.75, 3.05) is 6.54 Å². The zero-order valence-electron chi connectivity index (χ0n) is 12.1. The molecule has 100 valence electrons. The SMILES string of the molecule is CCC(C)(O)CNC1CC2CCC1(C)C2(C)C. The lowest BCUT2D eigenvalue weighted by molar-refractivity contribution is 0.0408. The molecule has 0 spiro atoms. The highest BCUT2D eigenvalue weighted by Gasteiger charge is 2.61. The molecule has 0 aromatic carbocycles. The van der Waals surface area contributed by atoms with Crippen LogP contribution in [0.4, 0.5) is 0 Å². The van der Waals surface area contributed by atoms with Crippen molar-refractivity contribution in [3.8, 4) is 0 Å². The lowest BCUT2D eigenvalue weighted by Crippen LogP contribution is -2.49. The van der Waals surface area contributed by atoms with E-state index in [4.69, 9.17) is 0 Å². The Kier molecular flexibility index (Phi) is 3.11. The highest BCUT2D eigenvalue weighted by atomic mass is 16.3. The number of nitrogens with one attached hydrogen (secondary N) is 1. The second-order valence-corrected chi connectivity index (χ2v) is 7.39. The van der Waals surface area contributed by atoms with Gasteiger partial charge in [-0.3, -0.25) is 0 Å². The van der Waals surface area contributed by atoms with Crippen LogP contribution < -0.4 is 5.32 Å². The van der Waals surface area contributed by atoms with Gasteiger partial charge in [0, 0.05) is 12.6 Å². The summed E-state index contributed by atoms with van der Waals surface area (Å²) in [5, 5.41) is 13.8. The van der Waals surface area contributed by atoms with E-state index in [9.17, 15) is 5.11 Å². The van der Waals surface area contributed by atoms with Crippen LogP contribution in [0.3, 0.4) is 0 Å². The van der Waals surface area contributed by atoms with E-state index in [2.05, 4.69) is 26.1 Å². The lowest BCUT2D eigenvalue weighted by Gasteiger charge is -2.40. The molecule has 2 heteroatoms. The van der Waals surface area contributed by atoms with Crippen LogP contribution in [0.5, 0.6) is 0 Å². The topological polar surface area (TPSA) is 32.3 Å². The molecule has 2 saturated carbocycles. The van der Waals surface area contributed by atoms with E-state index in [0.717, 1.165) is 18.9 Å². The van der Waals surface area contributed by atoms with Crippen LogP contribution in [0.25, 0.3) is 0 Å². The van der Waals surface area contributed by atoms with Gasteiger partial charge in [0.25, 0.3) is 0 Å². The lowest BCUT2D eigenvalue weighted by atomic mass is 9.69. The van der Waals surface area contributed by atoms with Gasteiger partial charge < -0.3 is 10.4 Å². The van der Waals surface area contributed by atoms with Crippen LogP contribution >= 0.6 is 0 Å². The van der Waals surface area contributed by atoms with Crippen LogP contribution in [0.1, 0.15) is 60.3 Å². The third-order valence-electron chi connectivity index (χ3n) is 6.28. The summed E-state index contributed by atoms with van der Waals surface area (Å²) in [6, 6.07) is 0.592. The Morgan fingerprint density at radius 1 is 1.35 bits per heavy atom. The predicted molar refractivity (Wildman–Crippen MR) is 71.9 cm³/mol. The van der Waals surface area contributed by atoms with Crippen molar-refractivity contribution in [2.24, 2.45) is 16.7 Å². The first kappa shape index (κ1) is 13.4. The number of rotatable bonds is 4. The van der Waals surface area contributed by atoms with Gasteiger partial charge in [-0.2, -0.15) is 0 Å². The van der Waals surface area contributed by atoms with Crippen molar-refractivity contribution < 1.29 is 5.11 Å². The van der Waals surface area contributed by atoms with E-state index in [0.29, 0.717) is 16.9 Å². The van der Waals surface area contributed by atoms with Gasteiger partial charge in [0.15, 0.2) is 0 Å². The number of aliphatic hydroxyl groups is 1. The maximum absolute atomic E-state index is 10.1. The van der Waals surface area contributed by atoms with E-state index >= 15 is 0 Å². The first-order valence-corrected chi connectivity index (χ1v) is 7.19. The Labute approximate surface area is 106 Å². The van der Waals surface area contributed by atoms with Gasteiger partial charge in [-0.1, -0.05) is 27.7 Å². The number of fused-ring (bicyclic) bond motifs is 2. The normalized spacial score (nSPS) is 42.7. The molecule has 4 unspecified atom stereocenters. The van der Waals surface area contributed by atoms with Gasteiger partial charge in [0.05, 0.1) is 5.60 Å². The summed E-state index contributed by atoms with van der Waals surface area (Å²) >= 11 is 0. The minimum absolute atomic E-state index is 0.418. The standard InChI is InChI=1S/C15H29NO/c1-6-14(4,17)10-16-12-9-11-7-8-15(12,5)13(11,2)3/h11-12,16-17H,6-10H2,1-5H3. The summed E-state index contributed by atoms with van der Waals surface area (Å²) in [4.78, 5) is 0. The molecule has 0 saturated heterocycles. The second kappa shape index (κ2) is 3.96. The summed E-state index contributed by atoms with van der Waals surface area (Å²) in [5.41, 5.74) is 0.326. The van der Waals surface area contributed by atoms with Gasteiger partial charge >= 0.3 is 0 Å². The molecular weight excluding hydrogens is 210 g/mol. The highest BCUT2D eigenvalue weighted by Crippen LogP contribution is 2.65. The summed E-state index contributed by atoms with van der Waals surface area (Å²) in [7, 11) is 0. The molecule has 2 aliphatic rings. The van der Waals surface area contributed by atoms with Crippen LogP contribution in [-0.2, 0) is 0 Å². The third kappa shape index (κ3) is 1.94. The third-order valence-corrected chi connectivity index (χ3v) is 6.28. The van der Waals surface area contributed by atoms with Crippen LogP contribution in [0.2, 0.25) is 0 Å². The van der Waals surface area contributed by atoms with Gasteiger partial charge in [-0.25, -0.2) is 0 Å². The molecule has 0 radical (unpaired) electrons. The molecule has 0 aromatic heterocycles. The number of hydrogen-bond acceptors (Lipinski definition) is 2. The first-order chi connectivity index (χ1) is 7.73. The molecule has 4 atom stereocenters. The minimum atomic E-state index is -0.553. The molecule has 2 bridgehead atoms. The molecule has 17 heavy (non-hydrogen) atoms. The van der Waals surface area contributed by atoms with Crippen LogP contribution in [0.15, 0.2) is 0 Å². The molecule has 2 aliphatic carbocycles. The minimum Gasteiger partial charge on any atom is -0.389 e. The summed E-state index contributed by atoms with van der Waals surface area (Å²) < 4.78 is 0. The summed E-state index contributed by atoms with van der Waals surface area (Å²) in [5.74, 6) is 0.872. The van der Waals surface area contributed by atoms with Crippen molar-refractivity contribution in [3.05, 3.63) is 0 Å². The Bertz CT molecular complexity index is 297. The number of hydrogen-bond donors (Lipinski definition) is 2. The molecular formula is C15H29NO. The van der Waals surface area contributed by atoms with Crippen LogP contribution in [-0.4, -0.2) is 23.3 Å². The summed E-state index contributed by atoms with van der Waals surface area (Å²) in [6.45, 7) is 12.0. The Hall–Kier alpha value is -0.0800. The molecule has 0 aliphatic heterocycles. The molecule has 2 N–H and O–H groups in total. The average molecular weight is 239 g/mol. The monoisotopic (exact) mass is 239 g/mol. The van der Waals surface area contributed by atoms with Gasteiger partial charge in [-0.05, 0) is 49.4 Å². The molecule has 2 nitrogen and oxygen atoms in total. The van der Waals surface area contributed by atoms with E-state index in [1.165, 1.54) is 19.3 Å². The van der Waals surface area contributed by atoms with Crippen molar-refractivity contribution in [1.29, 1.82) is 0 Å². The van der Waals surface area contributed by atoms with Crippen molar-refractivity contribution in [3.63, 3.8) is 0 Å². The highest BCUT2D eigenvalue weighted by molar-refractivity contribution is 5.13. The summed E-state index contributed by atoms with van der Waals surface area (Å²) in [6.07, 6.45) is 4.85. The fourth-order valence-corrected chi connectivity index (χ4v) is 3.98. The van der Waals surface area contributed by atoms with E-state index in [-0.39, 0.29) is 0 Å². The van der Waals surface area contributed by atoms with E-state index in [1.54, 1.807) is 0 Å². The molecule has 2 fully saturated rings. The van der Waals surface area contributed by atoms with Crippen molar-refractivity contribution in [2.45, 2.75) is 71.9 Å². The van der Waals surface area contributed by atoms with Crippen LogP contribution in [0, 0.1) is 16.7 Å². The van der Waals surface area contributed by atoms with Gasteiger partial charge in [-0.15, -0.1) is 0 Å². The van der Waals surface area contributed by atoms with E-state index in [1.807, 2.05) is 13.8 Å². The zero-order valence-corrected chi connectivity index (χ0v) is 12.1. The predicted octanol–water partition coefficient (Wildman–Crippen LogP) is 2.95. The maximum atomic E-state index is 10.1. The smallest absolute Gasteiger partial charge is 0.0741 e. The quantitative estimate of drug-likeness (QED) is 0.790. The van der Waals surface area contributed by atoms with Gasteiger partial charge in [0.2, 0.25) is 0 Å². The maximum Gasteiger partial charge on any atom is 0.0741 e. The molecule has 0 aromatic rings. The first-order valence-electron chi connectivity index (χ1n) is 7.19. The van der Waals surface area contributed by atoms with E-state index < -0.39 is 5.60 Å². The Balaban J connectivity index is 2.01. The zero-order chi connectivity index (χ0) is 12.9. The van der Waals surface area contributed by atoms with Gasteiger partial charge in [0.1, 0.15) is 0 Å². The Morgan fingerprint density at radius 2 is 2.00 bits per heavy atom. The Morgan fingerprint density at radius 3 is 2.41 bits per heavy atom.